The minimum Gasteiger partial charge on any atom is -0.491 e. The second-order valence-electron chi connectivity index (χ2n) is 5.69. The lowest BCUT2D eigenvalue weighted by Crippen LogP contribution is -2.24. The molecule has 1 aromatic rings. The van der Waals surface area contributed by atoms with Crippen molar-refractivity contribution in [1.82, 2.24) is 0 Å². The van der Waals surface area contributed by atoms with Gasteiger partial charge >= 0.3 is 0 Å². The van der Waals surface area contributed by atoms with Crippen molar-refractivity contribution in [2.24, 2.45) is 11.8 Å². The van der Waals surface area contributed by atoms with E-state index in [2.05, 4.69) is 0 Å². The zero-order chi connectivity index (χ0) is 18.8. The van der Waals surface area contributed by atoms with Crippen molar-refractivity contribution in [2.75, 3.05) is 12.4 Å². The van der Waals surface area contributed by atoms with Gasteiger partial charge in [0.2, 0.25) is 0 Å². The Morgan fingerprint density at radius 1 is 1.36 bits per heavy atom. The average molecular weight is 384 g/mol. The zero-order valence-corrected chi connectivity index (χ0v) is 15.5. The summed E-state index contributed by atoms with van der Waals surface area (Å²) in [7, 11) is -3.61. The fraction of sp³-hybridized carbons (Fsp3) is 0.471. The van der Waals surface area contributed by atoms with Crippen LogP contribution in [0, 0.1) is 23.2 Å². The topological polar surface area (TPSA) is 101 Å². The first-order chi connectivity index (χ1) is 11.8. The van der Waals surface area contributed by atoms with Crippen molar-refractivity contribution < 1.29 is 22.7 Å². The Bertz CT molecular complexity index is 853. The molecule has 25 heavy (non-hydrogen) atoms. The highest BCUT2D eigenvalue weighted by Gasteiger charge is 2.39. The largest absolute Gasteiger partial charge is 0.491 e. The molecule has 1 atom stereocenters. The number of Topliss-reactive ketones (excluding diaryl/α,β-unsaturated/α-hetero) is 2. The molecular formula is C17H18ClNO5S. The Kier molecular flexibility index (Phi) is 5.86. The minimum atomic E-state index is -3.61. The Hall–Kier alpha value is -1.91. The summed E-state index contributed by atoms with van der Waals surface area (Å²) in [5.74, 6) is -3.10. The summed E-state index contributed by atoms with van der Waals surface area (Å²) in [5.41, 5.74) is -0.0827. The van der Waals surface area contributed by atoms with E-state index in [1.165, 1.54) is 19.1 Å². The second-order valence-corrected chi connectivity index (χ2v) is 8.32. The fourth-order valence-corrected chi connectivity index (χ4v) is 3.82. The predicted molar refractivity (Wildman–Crippen MR) is 91.5 cm³/mol. The van der Waals surface area contributed by atoms with Gasteiger partial charge in [0, 0.05) is 11.5 Å². The van der Waals surface area contributed by atoms with E-state index in [1.807, 2.05) is 0 Å². The molecular weight excluding hydrogens is 366 g/mol. The van der Waals surface area contributed by atoms with Crippen LogP contribution in [0.5, 0.6) is 5.75 Å². The number of ether oxygens (including phenoxy) is 1. The van der Waals surface area contributed by atoms with E-state index in [0.29, 0.717) is 12.8 Å². The molecule has 0 radical (unpaired) electrons. The first kappa shape index (κ1) is 19.4. The number of hydrogen-bond acceptors (Lipinski definition) is 6. The van der Waals surface area contributed by atoms with Crippen molar-refractivity contribution in [2.45, 2.75) is 31.6 Å². The van der Waals surface area contributed by atoms with Crippen molar-refractivity contribution in [1.29, 1.82) is 5.26 Å². The summed E-state index contributed by atoms with van der Waals surface area (Å²) in [6.07, 6.45) is 1.35. The smallest absolute Gasteiger partial charge is 0.189 e. The van der Waals surface area contributed by atoms with E-state index in [9.17, 15) is 23.3 Å². The summed E-state index contributed by atoms with van der Waals surface area (Å²) in [6, 6.07) is 4.21. The molecule has 0 amide bonds. The second kappa shape index (κ2) is 7.54. The number of carbonyl (C=O) groups is 2. The van der Waals surface area contributed by atoms with Crippen LogP contribution in [-0.4, -0.2) is 32.3 Å². The van der Waals surface area contributed by atoms with Crippen molar-refractivity contribution >= 4 is 33.0 Å². The molecule has 1 aromatic carbocycles. The number of nitriles is 1. The highest BCUT2D eigenvalue weighted by molar-refractivity contribution is 7.91. The van der Waals surface area contributed by atoms with Crippen LogP contribution < -0.4 is 4.74 Å². The molecule has 1 fully saturated rings. The van der Waals surface area contributed by atoms with Gasteiger partial charge in [0.25, 0.3) is 0 Å². The lowest BCUT2D eigenvalue weighted by molar-refractivity contribution is -0.121. The number of nitrogens with zero attached hydrogens (tertiary/aromatic N) is 1. The first-order valence-corrected chi connectivity index (χ1v) is 9.97. The van der Waals surface area contributed by atoms with Crippen molar-refractivity contribution in [3.8, 4) is 11.8 Å². The molecule has 0 spiro atoms. The molecule has 1 aliphatic carbocycles. The lowest BCUT2D eigenvalue weighted by Gasteiger charge is -2.15. The van der Waals surface area contributed by atoms with Crippen LogP contribution in [0.3, 0.4) is 0 Å². The Morgan fingerprint density at radius 3 is 2.48 bits per heavy atom. The van der Waals surface area contributed by atoms with Gasteiger partial charge in [-0.15, -0.1) is 0 Å². The lowest BCUT2D eigenvalue weighted by atomic mass is 9.92. The highest BCUT2D eigenvalue weighted by Crippen LogP contribution is 2.38. The number of ketones is 2. The molecule has 2 rings (SSSR count). The van der Waals surface area contributed by atoms with E-state index in [-0.39, 0.29) is 39.5 Å². The average Bonchev–Trinajstić information content (AvgIpc) is 3.42. The standard InChI is InChI=1S/C17H18ClNO5S/c1-3-24-17-13(25(22,23)4-2)8-7-11(14(17)18)16(21)12(9-19)15(20)10-5-6-10/h7-8,10,12H,3-6H2,1-2H3. The molecule has 0 saturated heterocycles. The maximum absolute atomic E-state index is 12.6. The van der Waals surface area contributed by atoms with Crippen LogP contribution in [0.15, 0.2) is 17.0 Å². The van der Waals surface area contributed by atoms with E-state index in [4.69, 9.17) is 16.3 Å². The van der Waals surface area contributed by atoms with E-state index in [1.54, 1.807) is 13.0 Å². The van der Waals surface area contributed by atoms with Crippen LogP contribution in [0.25, 0.3) is 0 Å². The Morgan fingerprint density at radius 2 is 2.00 bits per heavy atom. The van der Waals surface area contributed by atoms with Crippen LogP contribution in [0.1, 0.15) is 37.0 Å². The van der Waals surface area contributed by atoms with Gasteiger partial charge in [-0.2, -0.15) is 5.26 Å². The van der Waals surface area contributed by atoms with Gasteiger partial charge in [0.15, 0.2) is 33.1 Å². The van der Waals surface area contributed by atoms with E-state index < -0.39 is 27.3 Å². The molecule has 0 bridgehead atoms. The number of sulfone groups is 1. The molecule has 1 saturated carbocycles. The minimum absolute atomic E-state index is 0.0827. The molecule has 6 nitrogen and oxygen atoms in total. The third-order valence-corrected chi connectivity index (χ3v) is 6.11. The summed E-state index contributed by atoms with van der Waals surface area (Å²) < 4.78 is 29.7. The molecule has 8 heteroatoms. The molecule has 0 aliphatic heterocycles. The summed E-state index contributed by atoms with van der Waals surface area (Å²) in [4.78, 5) is 24.6. The fourth-order valence-electron chi connectivity index (χ4n) is 2.42. The Labute approximate surface area is 151 Å². The first-order valence-electron chi connectivity index (χ1n) is 7.94. The van der Waals surface area contributed by atoms with Crippen LogP contribution in [0.4, 0.5) is 0 Å². The van der Waals surface area contributed by atoms with Gasteiger partial charge in [-0.25, -0.2) is 8.42 Å². The molecule has 0 N–H and O–H groups in total. The summed E-state index contributed by atoms with van der Waals surface area (Å²) in [5, 5.41) is 9.04. The molecule has 1 aliphatic rings. The van der Waals surface area contributed by atoms with Crippen molar-refractivity contribution in [3.63, 3.8) is 0 Å². The number of benzene rings is 1. The monoisotopic (exact) mass is 383 g/mol. The zero-order valence-electron chi connectivity index (χ0n) is 13.9. The molecule has 134 valence electrons. The number of halogens is 1. The van der Waals surface area contributed by atoms with Gasteiger partial charge in [-0.3, -0.25) is 9.59 Å². The van der Waals surface area contributed by atoms with E-state index >= 15 is 0 Å². The summed E-state index contributed by atoms with van der Waals surface area (Å²) in [6.45, 7) is 3.28. The summed E-state index contributed by atoms with van der Waals surface area (Å²) >= 11 is 6.22. The van der Waals surface area contributed by atoms with Gasteiger partial charge in [-0.1, -0.05) is 18.5 Å². The molecule has 0 aromatic heterocycles. The van der Waals surface area contributed by atoms with Crippen molar-refractivity contribution in [3.05, 3.63) is 22.7 Å². The number of hydrogen-bond donors (Lipinski definition) is 0. The van der Waals surface area contributed by atoms with Gasteiger partial charge in [0.1, 0.15) is 4.90 Å². The normalized spacial score (nSPS) is 15.3. The van der Waals surface area contributed by atoms with Crippen LogP contribution in [-0.2, 0) is 14.6 Å². The number of rotatable bonds is 8. The maximum Gasteiger partial charge on any atom is 0.189 e. The quantitative estimate of drug-likeness (QED) is 0.505. The van der Waals surface area contributed by atoms with E-state index in [0.717, 1.165) is 0 Å². The molecule has 0 heterocycles. The Balaban J connectivity index is 2.52. The SMILES string of the molecule is CCOc1c(S(=O)(=O)CC)ccc(C(=O)C(C#N)C(=O)C2CC2)c1Cl. The third kappa shape index (κ3) is 3.86. The van der Waals surface area contributed by atoms with Gasteiger partial charge < -0.3 is 4.74 Å². The maximum atomic E-state index is 12.6. The highest BCUT2D eigenvalue weighted by atomic mass is 35.5. The number of carbonyl (C=O) groups excluding carboxylic acids is 2. The third-order valence-electron chi connectivity index (χ3n) is 3.99. The molecule has 1 unspecified atom stereocenters. The van der Waals surface area contributed by atoms with Crippen LogP contribution in [0.2, 0.25) is 5.02 Å². The van der Waals surface area contributed by atoms with Crippen LogP contribution >= 0.6 is 11.6 Å². The predicted octanol–water partition coefficient (Wildman–Crippen LogP) is 2.83. The van der Waals surface area contributed by atoms with Gasteiger partial charge in [-0.05, 0) is 31.9 Å². The van der Waals surface area contributed by atoms with Gasteiger partial charge in [0.05, 0.1) is 23.5 Å².